The smallest absolute Gasteiger partial charge is 0.234 e. The van der Waals surface area contributed by atoms with Crippen molar-refractivity contribution >= 4 is 34.3 Å². The molecule has 0 aliphatic rings. The summed E-state index contributed by atoms with van der Waals surface area (Å²) < 4.78 is 0. The van der Waals surface area contributed by atoms with Crippen LogP contribution < -0.4 is 5.32 Å². The Morgan fingerprint density at radius 1 is 1.19 bits per heavy atom. The molecule has 0 unspecified atom stereocenters. The van der Waals surface area contributed by atoms with Crippen molar-refractivity contribution < 1.29 is 4.79 Å². The van der Waals surface area contributed by atoms with E-state index in [0.29, 0.717) is 10.6 Å². The van der Waals surface area contributed by atoms with Crippen molar-refractivity contribution in [3.63, 3.8) is 0 Å². The maximum atomic E-state index is 12.4. The van der Waals surface area contributed by atoms with Crippen molar-refractivity contribution in [1.82, 2.24) is 4.98 Å². The largest absolute Gasteiger partial charge is 0.325 e. The Balaban J connectivity index is 1.77. The molecule has 2 aromatic carbocycles. The number of amides is 1. The lowest BCUT2D eigenvalue weighted by atomic mass is 10.1. The number of nitriles is 1. The van der Waals surface area contributed by atoms with Crippen molar-refractivity contribution in [1.29, 1.82) is 5.26 Å². The third-order valence-electron chi connectivity index (χ3n) is 4.38. The number of aryl methyl sites for hydroxylation is 3. The summed E-state index contributed by atoms with van der Waals surface area (Å²) in [5.41, 5.74) is 5.48. The monoisotopic (exact) mass is 375 g/mol. The molecule has 1 aromatic heterocycles. The van der Waals surface area contributed by atoms with Gasteiger partial charge in [-0.15, -0.1) is 0 Å². The fraction of sp³-hybridized carbons (Fsp3) is 0.227. The second-order valence-corrected chi connectivity index (χ2v) is 7.45. The third kappa shape index (κ3) is 4.47. The van der Waals surface area contributed by atoms with Crippen LogP contribution in [0, 0.1) is 25.2 Å². The average molecular weight is 375 g/mol. The van der Waals surface area contributed by atoms with Crippen LogP contribution in [0.3, 0.4) is 0 Å². The fourth-order valence-corrected chi connectivity index (χ4v) is 3.57. The number of nitrogens with zero attached hydrogens (tertiary/aromatic N) is 2. The predicted molar refractivity (Wildman–Crippen MR) is 111 cm³/mol. The zero-order chi connectivity index (χ0) is 19.4. The molecule has 1 amide bonds. The van der Waals surface area contributed by atoms with E-state index in [-0.39, 0.29) is 11.7 Å². The highest BCUT2D eigenvalue weighted by molar-refractivity contribution is 8.00. The topological polar surface area (TPSA) is 65.8 Å². The van der Waals surface area contributed by atoms with E-state index >= 15 is 0 Å². The average Bonchev–Trinajstić information content (AvgIpc) is 2.67. The Morgan fingerprint density at radius 2 is 2.00 bits per heavy atom. The number of nitrogens with one attached hydrogen (secondary N) is 1. The number of hydrogen-bond acceptors (Lipinski definition) is 4. The number of aromatic nitrogens is 1. The Morgan fingerprint density at radius 3 is 2.74 bits per heavy atom. The SMILES string of the molecule is CCc1ccc2nc(SCC(=O)Nc3cc(C)ccc3C)c(C#N)cc2c1. The summed E-state index contributed by atoms with van der Waals surface area (Å²) in [6, 6.07) is 16.1. The van der Waals surface area contributed by atoms with E-state index in [0.717, 1.165) is 34.1 Å². The third-order valence-corrected chi connectivity index (χ3v) is 5.37. The molecule has 1 heterocycles. The van der Waals surface area contributed by atoms with Gasteiger partial charge in [0.1, 0.15) is 11.1 Å². The molecule has 0 aliphatic heterocycles. The van der Waals surface area contributed by atoms with Crippen LogP contribution >= 0.6 is 11.8 Å². The molecule has 0 saturated heterocycles. The lowest BCUT2D eigenvalue weighted by molar-refractivity contribution is -0.113. The second-order valence-electron chi connectivity index (χ2n) is 6.49. The van der Waals surface area contributed by atoms with Crippen molar-refractivity contribution in [2.45, 2.75) is 32.2 Å². The molecule has 136 valence electrons. The molecule has 0 bridgehead atoms. The summed E-state index contributed by atoms with van der Waals surface area (Å²) in [7, 11) is 0. The number of carbonyl (C=O) groups is 1. The minimum absolute atomic E-state index is 0.110. The van der Waals surface area contributed by atoms with E-state index in [2.05, 4.69) is 29.4 Å². The molecule has 0 aliphatic carbocycles. The fourth-order valence-electron chi connectivity index (χ4n) is 2.81. The highest BCUT2D eigenvalue weighted by Crippen LogP contribution is 2.26. The molecule has 1 N–H and O–H groups in total. The van der Waals surface area contributed by atoms with E-state index in [1.807, 2.05) is 50.2 Å². The quantitative estimate of drug-likeness (QED) is 0.636. The van der Waals surface area contributed by atoms with Gasteiger partial charge in [-0.1, -0.05) is 36.9 Å². The van der Waals surface area contributed by atoms with Gasteiger partial charge in [-0.3, -0.25) is 4.79 Å². The van der Waals surface area contributed by atoms with Crippen LogP contribution in [0.15, 0.2) is 47.5 Å². The lowest BCUT2D eigenvalue weighted by Gasteiger charge is -2.10. The van der Waals surface area contributed by atoms with Crippen molar-refractivity contribution in [3.05, 3.63) is 64.7 Å². The maximum Gasteiger partial charge on any atom is 0.234 e. The predicted octanol–water partition coefficient (Wildman–Crippen LogP) is 5.02. The van der Waals surface area contributed by atoms with E-state index in [1.165, 1.54) is 17.3 Å². The summed E-state index contributed by atoms with van der Waals surface area (Å²) in [6.07, 6.45) is 0.937. The first-order valence-corrected chi connectivity index (χ1v) is 9.82. The molecule has 0 spiro atoms. The number of fused-ring (bicyclic) bond motifs is 1. The van der Waals surface area contributed by atoms with Crippen LogP contribution in [-0.2, 0) is 11.2 Å². The molecule has 0 atom stereocenters. The second kappa shape index (κ2) is 8.24. The Bertz CT molecular complexity index is 1050. The molecule has 3 aromatic rings. The van der Waals surface area contributed by atoms with E-state index in [9.17, 15) is 10.1 Å². The molecular formula is C22H21N3OS. The zero-order valence-electron chi connectivity index (χ0n) is 15.7. The van der Waals surface area contributed by atoms with Crippen LogP contribution in [0.25, 0.3) is 10.9 Å². The highest BCUT2D eigenvalue weighted by atomic mass is 32.2. The van der Waals surface area contributed by atoms with Crippen LogP contribution in [0.4, 0.5) is 5.69 Å². The van der Waals surface area contributed by atoms with Crippen molar-refractivity contribution in [2.75, 3.05) is 11.1 Å². The van der Waals surface area contributed by atoms with Crippen LogP contribution in [0.5, 0.6) is 0 Å². The van der Waals surface area contributed by atoms with Crippen molar-refractivity contribution in [2.24, 2.45) is 0 Å². The molecule has 0 fully saturated rings. The van der Waals surface area contributed by atoms with Gasteiger partial charge in [-0.05, 0) is 61.2 Å². The van der Waals surface area contributed by atoms with Crippen LogP contribution in [0.1, 0.15) is 29.2 Å². The molecule has 0 radical (unpaired) electrons. The zero-order valence-corrected chi connectivity index (χ0v) is 16.5. The summed E-state index contributed by atoms with van der Waals surface area (Å²) >= 11 is 1.29. The van der Waals surface area contributed by atoms with Gasteiger partial charge >= 0.3 is 0 Å². The Labute approximate surface area is 163 Å². The number of pyridine rings is 1. The van der Waals surface area contributed by atoms with E-state index in [4.69, 9.17) is 0 Å². The molecule has 27 heavy (non-hydrogen) atoms. The first kappa shape index (κ1) is 18.9. The van der Waals surface area contributed by atoms with Gasteiger partial charge in [-0.2, -0.15) is 5.26 Å². The summed E-state index contributed by atoms with van der Waals surface area (Å²) in [6.45, 7) is 6.05. The number of thioether (sulfide) groups is 1. The lowest BCUT2D eigenvalue weighted by Crippen LogP contribution is -2.15. The summed E-state index contributed by atoms with van der Waals surface area (Å²) in [5, 5.41) is 14.0. The minimum atomic E-state index is -0.110. The van der Waals surface area contributed by atoms with Crippen LogP contribution in [0.2, 0.25) is 0 Å². The maximum absolute atomic E-state index is 12.4. The van der Waals surface area contributed by atoms with E-state index < -0.39 is 0 Å². The minimum Gasteiger partial charge on any atom is -0.325 e. The van der Waals surface area contributed by atoms with Gasteiger partial charge in [0.25, 0.3) is 0 Å². The Hall–Kier alpha value is -2.84. The first-order chi connectivity index (χ1) is 13.0. The standard InChI is InChI=1S/C22H21N3OS/c1-4-16-7-8-19-17(10-16)11-18(12-23)22(25-19)27-13-21(26)24-20-9-14(2)5-6-15(20)3/h5-11H,4,13H2,1-3H3,(H,24,26). The number of carbonyl (C=O) groups excluding carboxylic acids is 1. The Kier molecular flexibility index (Phi) is 5.78. The molecular weight excluding hydrogens is 354 g/mol. The van der Waals surface area contributed by atoms with Gasteiger partial charge in [0.05, 0.1) is 16.8 Å². The number of benzene rings is 2. The normalized spacial score (nSPS) is 10.6. The highest BCUT2D eigenvalue weighted by Gasteiger charge is 2.11. The number of rotatable bonds is 5. The van der Waals surface area contributed by atoms with Gasteiger partial charge in [0, 0.05) is 11.1 Å². The molecule has 5 heteroatoms. The summed E-state index contributed by atoms with van der Waals surface area (Å²) in [4.78, 5) is 16.9. The molecule has 3 rings (SSSR count). The van der Waals surface area contributed by atoms with Gasteiger partial charge in [0.15, 0.2) is 0 Å². The van der Waals surface area contributed by atoms with Gasteiger partial charge in [-0.25, -0.2) is 4.98 Å². The first-order valence-electron chi connectivity index (χ1n) is 8.84. The van der Waals surface area contributed by atoms with E-state index in [1.54, 1.807) is 0 Å². The summed E-state index contributed by atoms with van der Waals surface area (Å²) in [5.74, 6) is 0.0916. The van der Waals surface area contributed by atoms with Crippen molar-refractivity contribution in [3.8, 4) is 6.07 Å². The van der Waals surface area contributed by atoms with Crippen LogP contribution in [-0.4, -0.2) is 16.6 Å². The number of hydrogen-bond donors (Lipinski definition) is 1. The number of anilines is 1. The molecule has 4 nitrogen and oxygen atoms in total. The van der Waals surface area contributed by atoms with Gasteiger partial charge < -0.3 is 5.32 Å². The molecule has 0 saturated carbocycles. The van der Waals surface area contributed by atoms with Gasteiger partial charge in [0.2, 0.25) is 5.91 Å².